The summed E-state index contributed by atoms with van der Waals surface area (Å²) in [6.07, 6.45) is 0.181. The number of benzene rings is 3. The van der Waals surface area contributed by atoms with Crippen LogP contribution in [0.2, 0.25) is 5.02 Å². The molecule has 2 N–H and O–H groups in total. The number of amides is 2. The number of carbonyl (C=O) groups excluding carboxylic acids is 3. The Bertz CT molecular complexity index is 1080. The maximum Gasteiger partial charge on any atom is 0.339 e. The van der Waals surface area contributed by atoms with E-state index in [9.17, 15) is 14.4 Å². The number of para-hydroxylation sites is 1. The molecular formula is C23H19ClN2O4. The van der Waals surface area contributed by atoms with E-state index in [0.717, 1.165) is 5.56 Å². The van der Waals surface area contributed by atoms with Crippen molar-refractivity contribution in [1.82, 2.24) is 0 Å². The summed E-state index contributed by atoms with van der Waals surface area (Å²) in [7, 11) is 1.27. The molecule has 3 rings (SSSR count). The maximum atomic E-state index is 12.6. The van der Waals surface area contributed by atoms with E-state index in [0.29, 0.717) is 22.0 Å². The lowest BCUT2D eigenvalue weighted by Crippen LogP contribution is -2.17. The summed E-state index contributed by atoms with van der Waals surface area (Å²) in [5, 5.41) is 6.08. The average Bonchev–Trinajstić information content (AvgIpc) is 2.75. The first kappa shape index (κ1) is 21.1. The summed E-state index contributed by atoms with van der Waals surface area (Å²) in [6.45, 7) is 0. The smallest absolute Gasteiger partial charge is 0.339 e. The summed E-state index contributed by atoms with van der Waals surface area (Å²) in [6, 6.07) is 20.1. The van der Waals surface area contributed by atoms with Crippen LogP contribution in [0.3, 0.4) is 0 Å². The van der Waals surface area contributed by atoms with Crippen molar-refractivity contribution in [3.05, 3.63) is 94.5 Å². The van der Waals surface area contributed by atoms with Gasteiger partial charge in [-0.2, -0.15) is 0 Å². The molecule has 0 unspecified atom stereocenters. The quantitative estimate of drug-likeness (QED) is 0.570. The van der Waals surface area contributed by atoms with Gasteiger partial charge >= 0.3 is 5.97 Å². The second kappa shape index (κ2) is 9.71. The maximum absolute atomic E-state index is 12.6. The Morgan fingerprint density at radius 2 is 1.63 bits per heavy atom. The molecule has 6 nitrogen and oxygen atoms in total. The molecule has 152 valence electrons. The van der Waals surface area contributed by atoms with Crippen molar-refractivity contribution in [1.29, 1.82) is 0 Å². The number of hydrogen-bond donors (Lipinski definition) is 2. The number of rotatable bonds is 6. The third kappa shape index (κ3) is 5.46. The summed E-state index contributed by atoms with van der Waals surface area (Å²) in [4.78, 5) is 36.8. The van der Waals surface area contributed by atoms with Gasteiger partial charge in [-0.15, -0.1) is 0 Å². The molecule has 7 heteroatoms. The molecule has 3 aromatic rings. The van der Waals surface area contributed by atoms with Crippen molar-refractivity contribution < 1.29 is 19.1 Å². The topological polar surface area (TPSA) is 84.5 Å². The van der Waals surface area contributed by atoms with E-state index in [1.165, 1.54) is 7.11 Å². The monoisotopic (exact) mass is 422 g/mol. The van der Waals surface area contributed by atoms with Gasteiger partial charge in [-0.3, -0.25) is 9.59 Å². The Labute approximate surface area is 178 Å². The van der Waals surface area contributed by atoms with Crippen LogP contribution in [0.25, 0.3) is 0 Å². The van der Waals surface area contributed by atoms with Gasteiger partial charge in [0.2, 0.25) is 5.91 Å². The molecule has 0 saturated carbocycles. The lowest BCUT2D eigenvalue weighted by atomic mass is 10.1. The third-order valence-corrected chi connectivity index (χ3v) is 4.52. The molecule has 0 fully saturated rings. The Morgan fingerprint density at radius 3 is 2.37 bits per heavy atom. The molecule has 0 aliphatic heterocycles. The Morgan fingerprint density at radius 1 is 0.900 bits per heavy atom. The highest BCUT2D eigenvalue weighted by atomic mass is 35.5. The van der Waals surface area contributed by atoms with Crippen molar-refractivity contribution >= 4 is 40.8 Å². The normalized spacial score (nSPS) is 10.2. The van der Waals surface area contributed by atoms with Gasteiger partial charge in [-0.25, -0.2) is 4.79 Å². The molecule has 0 saturated heterocycles. The zero-order chi connectivity index (χ0) is 21.5. The second-order valence-electron chi connectivity index (χ2n) is 6.42. The zero-order valence-corrected chi connectivity index (χ0v) is 16.9. The first-order valence-electron chi connectivity index (χ1n) is 9.09. The molecule has 3 aromatic carbocycles. The Kier molecular flexibility index (Phi) is 6.83. The van der Waals surface area contributed by atoms with Crippen molar-refractivity contribution in [2.24, 2.45) is 0 Å². The van der Waals surface area contributed by atoms with Crippen LogP contribution < -0.4 is 10.6 Å². The summed E-state index contributed by atoms with van der Waals surface area (Å²) in [5.74, 6) is -1.18. The summed E-state index contributed by atoms with van der Waals surface area (Å²) < 4.78 is 4.74. The molecule has 0 radical (unpaired) electrons. The third-order valence-electron chi connectivity index (χ3n) is 4.27. The van der Waals surface area contributed by atoms with E-state index in [1.54, 1.807) is 72.8 Å². The van der Waals surface area contributed by atoms with E-state index >= 15 is 0 Å². The SMILES string of the molecule is COC(=O)c1ccccc1NC(=O)c1cccc(NC(=O)Cc2ccc(Cl)cc2)c1. The number of ether oxygens (including phenoxy) is 1. The van der Waals surface area contributed by atoms with Crippen molar-refractivity contribution in [3.8, 4) is 0 Å². The van der Waals surface area contributed by atoms with Gasteiger partial charge in [-0.05, 0) is 48.0 Å². The van der Waals surface area contributed by atoms with Crippen LogP contribution in [0.15, 0.2) is 72.8 Å². The fraction of sp³-hybridized carbons (Fsp3) is 0.0870. The predicted octanol–water partition coefficient (Wildman–Crippen LogP) is 4.56. The van der Waals surface area contributed by atoms with E-state index in [-0.39, 0.29) is 17.9 Å². The van der Waals surface area contributed by atoms with E-state index in [4.69, 9.17) is 16.3 Å². The Hall–Kier alpha value is -3.64. The average molecular weight is 423 g/mol. The summed E-state index contributed by atoms with van der Waals surface area (Å²) in [5.41, 5.74) is 2.24. The van der Waals surface area contributed by atoms with Crippen LogP contribution in [0.5, 0.6) is 0 Å². The first-order chi connectivity index (χ1) is 14.5. The van der Waals surface area contributed by atoms with Gasteiger partial charge in [0.05, 0.1) is 24.8 Å². The summed E-state index contributed by atoms with van der Waals surface area (Å²) >= 11 is 5.85. The van der Waals surface area contributed by atoms with Crippen molar-refractivity contribution in [2.75, 3.05) is 17.7 Å². The van der Waals surface area contributed by atoms with Gasteiger partial charge < -0.3 is 15.4 Å². The minimum absolute atomic E-state index is 0.181. The molecular weight excluding hydrogens is 404 g/mol. The van der Waals surface area contributed by atoms with E-state index in [2.05, 4.69) is 10.6 Å². The zero-order valence-electron chi connectivity index (χ0n) is 16.1. The number of halogens is 1. The van der Waals surface area contributed by atoms with Gasteiger partial charge in [0.1, 0.15) is 0 Å². The highest BCUT2D eigenvalue weighted by molar-refractivity contribution is 6.30. The van der Waals surface area contributed by atoms with Crippen LogP contribution in [0.1, 0.15) is 26.3 Å². The number of carbonyl (C=O) groups is 3. The number of hydrogen-bond acceptors (Lipinski definition) is 4. The molecule has 0 aromatic heterocycles. The molecule has 0 heterocycles. The fourth-order valence-electron chi connectivity index (χ4n) is 2.81. The predicted molar refractivity (Wildman–Crippen MR) is 116 cm³/mol. The Balaban J connectivity index is 1.69. The molecule has 0 spiro atoms. The van der Waals surface area contributed by atoms with Crippen molar-refractivity contribution in [3.63, 3.8) is 0 Å². The highest BCUT2D eigenvalue weighted by Crippen LogP contribution is 2.19. The molecule has 0 aliphatic rings. The van der Waals surface area contributed by atoms with E-state index in [1.807, 2.05) is 0 Å². The van der Waals surface area contributed by atoms with Crippen LogP contribution in [-0.2, 0) is 16.0 Å². The van der Waals surface area contributed by atoms with Crippen LogP contribution >= 0.6 is 11.6 Å². The minimum Gasteiger partial charge on any atom is -0.465 e. The van der Waals surface area contributed by atoms with Crippen LogP contribution in [0.4, 0.5) is 11.4 Å². The van der Waals surface area contributed by atoms with Gasteiger partial charge in [0, 0.05) is 16.3 Å². The number of nitrogens with one attached hydrogen (secondary N) is 2. The first-order valence-corrected chi connectivity index (χ1v) is 9.47. The molecule has 2 amide bonds. The van der Waals surface area contributed by atoms with Gasteiger partial charge in [0.25, 0.3) is 5.91 Å². The lowest BCUT2D eigenvalue weighted by Gasteiger charge is -2.11. The highest BCUT2D eigenvalue weighted by Gasteiger charge is 2.15. The fourth-order valence-corrected chi connectivity index (χ4v) is 2.93. The molecule has 30 heavy (non-hydrogen) atoms. The molecule has 0 atom stereocenters. The standard InChI is InChI=1S/C23H19ClN2O4/c1-30-23(29)19-7-2-3-8-20(19)26-22(28)16-5-4-6-18(14-16)25-21(27)13-15-9-11-17(24)12-10-15/h2-12,14H,13H2,1H3,(H,25,27)(H,26,28). The number of methoxy groups -OCH3 is 1. The molecule has 0 aliphatic carbocycles. The lowest BCUT2D eigenvalue weighted by molar-refractivity contribution is -0.115. The van der Waals surface area contributed by atoms with Crippen LogP contribution in [0, 0.1) is 0 Å². The van der Waals surface area contributed by atoms with Gasteiger partial charge in [-0.1, -0.05) is 41.9 Å². The number of esters is 1. The second-order valence-corrected chi connectivity index (χ2v) is 6.86. The minimum atomic E-state index is -0.547. The largest absolute Gasteiger partial charge is 0.465 e. The van der Waals surface area contributed by atoms with E-state index < -0.39 is 11.9 Å². The van der Waals surface area contributed by atoms with Crippen molar-refractivity contribution in [2.45, 2.75) is 6.42 Å². The number of anilines is 2. The van der Waals surface area contributed by atoms with Gasteiger partial charge in [0.15, 0.2) is 0 Å². The van der Waals surface area contributed by atoms with Crippen LogP contribution in [-0.4, -0.2) is 24.9 Å². The molecule has 0 bridgehead atoms.